The van der Waals surface area contributed by atoms with Crippen LogP contribution in [0.4, 0.5) is 4.79 Å². The van der Waals surface area contributed by atoms with Gasteiger partial charge in [-0.3, -0.25) is 4.98 Å². The summed E-state index contributed by atoms with van der Waals surface area (Å²) in [5.74, 6) is -0.918. The number of aromatic nitrogens is 1. The van der Waals surface area contributed by atoms with Gasteiger partial charge in [-0.1, -0.05) is 0 Å². The molecule has 0 bridgehead atoms. The highest BCUT2D eigenvalue weighted by Crippen LogP contribution is 2.07. The van der Waals surface area contributed by atoms with Gasteiger partial charge in [-0.15, -0.1) is 0 Å². The van der Waals surface area contributed by atoms with Crippen molar-refractivity contribution in [2.75, 3.05) is 0 Å². The van der Waals surface area contributed by atoms with E-state index in [1.54, 1.807) is 24.5 Å². The Balaban J connectivity index is 1.76. The second-order valence-electron chi connectivity index (χ2n) is 3.96. The second kappa shape index (κ2) is 6.37. The maximum atomic E-state index is 11.5. The van der Waals surface area contributed by atoms with E-state index in [0.29, 0.717) is 12.3 Å². The molecular weight excluding hydrogens is 262 g/mol. The largest absolute Gasteiger partial charge is 0.475 e. The molecule has 0 aliphatic carbocycles. The first-order chi connectivity index (χ1) is 9.65. The van der Waals surface area contributed by atoms with Gasteiger partial charge in [0.1, 0.15) is 5.76 Å². The van der Waals surface area contributed by atoms with Gasteiger partial charge >= 0.3 is 12.0 Å². The van der Waals surface area contributed by atoms with Crippen LogP contribution in [-0.4, -0.2) is 22.1 Å². The molecule has 0 unspecified atom stereocenters. The number of nitrogens with zero attached hydrogens (tertiary/aromatic N) is 1. The van der Waals surface area contributed by atoms with E-state index in [1.807, 2.05) is 0 Å². The van der Waals surface area contributed by atoms with Gasteiger partial charge in [0.15, 0.2) is 0 Å². The van der Waals surface area contributed by atoms with E-state index >= 15 is 0 Å². The average molecular weight is 275 g/mol. The third kappa shape index (κ3) is 3.84. The fraction of sp³-hybridized carbons (Fsp3) is 0.154. The number of carboxylic acids is 1. The lowest BCUT2D eigenvalue weighted by atomic mass is 10.3. The lowest BCUT2D eigenvalue weighted by molar-refractivity contribution is 0.0660. The van der Waals surface area contributed by atoms with Crippen LogP contribution in [0.15, 0.2) is 41.1 Å². The molecule has 7 heteroatoms. The Morgan fingerprint density at radius 3 is 2.45 bits per heavy atom. The number of hydrogen-bond acceptors (Lipinski definition) is 4. The molecule has 104 valence electrons. The minimum absolute atomic E-state index is 0.120. The third-order valence-corrected chi connectivity index (χ3v) is 2.50. The molecule has 0 spiro atoms. The minimum Gasteiger partial charge on any atom is -0.475 e. The number of carboxylic acid groups (broad SMARTS) is 1. The molecule has 0 radical (unpaired) electrons. The Morgan fingerprint density at radius 1 is 1.10 bits per heavy atom. The van der Waals surface area contributed by atoms with Crippen molar-refractivity contribution in [1.82, 2.24) is 15.6 Å². The summed E-state index contributed by atoms with van der Waals surface area (Å²) in [7, 11) is 0. The zero-order valence-corrected chi connectivity index (χ0v) is 10.5. The summed E-state index contributed by atoms with van der Waals surface area (Å²) in [4.78, 5) is 26.0. The Kier molecular flexibility index (Phi) is 4.33. The molecule has 2 aromatic rings. The SMILES string of the molecule is O=C(NCc1ccncc1)NCc1ccc(C(=O)O)o1. The number of rotatable bonds is 5. The molecule has 2 amide bonds. The minimum atomic E-state index is -1.14. The molecule has 20 heavy (non-hydrogen) atoms. The summed E-state index contributed by atoms with van der Waals surface area (Å²) in [6.07, 6.45) is 3.29. The number of nitrogens with one attached hydrogen (secondary N) is 2. The first kappa shape index (κ1) is 13.6. The van der Waals surface area contributed by atoms with Gasteiger partial charge < -0.3 is 20.2 Å². The standard InChI is InChI=1S/C13H13N3O4/c17-12(18)11-2-1-10(20-11)8-16-13(19)15-7-9-3-5-14-6-4-9/h1-6H,7-8H2,(H,17,18)(H2,15,16,19). The first-order valence-electron chi connectivity index (χ1n) is 5.88. The number of hydrogen-bond donors (Lipinski definition) is 3. The van der Waals surface area contributed by atoms with Crippen molar-refractivity contribution in [1.29, 1.82) is 0 Å². The van der Waals surface area contributed by atoms with E-state index in [9.17, 15) is 9.59 Å². The van der Waals surface area contributed by atoms with Gasteiger partial charge in [0.2, 0.25) is 5.76 Å². The highest BCUT2D eigenvalue weighted by atomic mass is 16.4. The summed E-state index contributed by atoms with van der Waals surface area (Å²) in [6, 6.07) is 6.08. The van der Waals surface area contributed by atoms with E-state index in [4.69, 9.17) is 9.52 Å². The summed E-state index contributed by atoms with van der Waals surface area (Å²) >= 11 is 0. The number of urea groups is 1. The zero-order chi connectivity index (χ0) is 14.4. The first-order valence-corrected chi connectivity index (χ1v) is 5.88. The number of carbonyl (C=O) groups is 2. The fourth-order valence-corrected chi connectivity index (χ4v) is 1.50. The molecule has 3 N–H and O–H groups in total. The van der Waals surface area contributed by atoms with Gasteiger partial charge in [0.05, 0.1) is 6.54 Å². The lowest BCUT2D eigenvalue weighted by Gasteiger charge is -2.06. The Labute approximate surface area is 114 Å². The Hall–Kier alpha value is -2.83. The van der Waals surface area contributed by atoms with Crippen molar-refractivity contribution in [3.8, 4) is 0 Å². The van der Waals surface area contributed by atoms with Crippen LogP contribution in [0, 0.1) is 0 Å². The van der Waals surface area contributed by atoms with E-state index < -0.39 is 5.97 Å². The van der Waals surface area contributed by atoms with Crippen molar-refractivity contribution >= 4 is 12.0 Å². The van der Waals surface area contributed by atoms with Crippen LogP contribution in [0.3, 0.4) is 0 Å². The van der Waals surface area contributed by atoms with Crippen LogP contribution >= 0.6 is 0 Å². The summed E-state index contributed by atoms with van der Waals surface area (Å²) in [5.41, 5.74) is 0.932. The predicted octanol–water partition coefficient (Wildman–Crippen LogP) is 1.37. The van der Waals surface area contributed by atoms with Crippen LogP contribution in [0.5, 0.6) is 0 Å². The highest BCUT2D eigenvalue weighted by molar-refractivity contribution is 5.84. The fourth-order valence-electron chi connectivity index (χ4n) is 1.50. The molecule has 0 aliphatic heterocycles. The smallest absolute Gasteiger partial charge is 0.371 e. The summed E-state index contributed by atoms with van der Waals surface area (Å²) < 4.78 is 5.01. The van der Waals surface area contributed by atoms with Crippen molar-refractivity contribution in [3.63, 3.8) is 0 Å². The van der Waals surface area contributed by atoms with Gasteiger partial charge in [-0.25, -0.2) is 9.59 Å². The third-order valence-electron chi connectivity index (χ3n) is 2.50. The summed E-state index contributed by atoms with van der Waals surface area (Å²) in [5, 5.41) is 13.9. The van der Waals surface area contributed by atoms with Gasteiger partial charge in [-0.05, 0) is 29.8 Å². The molecule has 7 nitrogen and oxygen atoms in total. The molecule has 0 saturated carbocycles. The number of furan rings is 1. The van der Waals surface area contributed by atoms with E-state index in [-0.39, 0.29) is 18.3 Å². The van der Waals surface area contributed by atoms with Crippen molar-refractivity contribution in [3.05, 3.63) is 53.7 Å². The molecule has 0 aliphatic rings. The number of amides is 2. The van der Waals surface area contributed by atoms with E-state index in [2.05, 4.69) is 15.6 Å². The highest BCUT2D eigenvalue weighted by Gasteiger charge is 2.09. The molecule has 0 saturated heterocycles. The predicted molar refractivity (Wildman–Crippen MR) is 69.0 cm³/mol. The van der Waals surface area contributed by atoms with Crippen LogP contribution in [0.2, 0.25) is 0 Å². The second-order valence-corrected chi connectivity index (χ2v) is 3.96. The number of carbonyl (C=O) groups excluding carboxylic acids is 1. The lowest BCUT2D eigenvalue weighted by Crippen LogP contribution is -2.34. The van der Waals surface area contributed by atoms with Crippen LogP contribution in [-0.2, 0) is 13.1 Å². The molecule has 0 atom stereocenters. The Bertz CT molecular complexity index is 595. The Morgan fingerprint density at radius 2 is 1.80 bits per heavy atom. The van der Waals surface area contributed by atoms with Gasteiger partial charge in [-0.2, -0.15) is 0 Å². The zero-order valence-electron chi connectivity index (χ0n) is 10.5. The number of aromatic carboxylic acids is 1. The van der Waals surface area contributed by atoms with Crippen molar-refractivity contribution in [2.45, 2.75) is 13.1 Å². The normalized spacial score (nSPS) is 10.0. The molecular formula is C13H13N3O4. The molecule has 2 rings (SSSR count). The van der Waals surface area contributed by atoms with Gasteiger partial charge in [0, 0.05) is 18.9 Å². The topological polar surface area (TPSA) is 104 Å². The van der Waals surface area contributed by atoms with Crippen molar-refractivity contribution in [2.24, 2.45) is 0 Å². The maximum Gasteiger partial charge on any atom is 0.371 e. The quantitative estimate of drug-likeness (QED) is 0.764. The van der Waals surface area contributed by atoms with Gasteiger partial charge in [0.25, 0.3) is 0 Å². The number of pyridine rings is 1. The maximum absolute atomic E-state index is 11.5. The molecule has 0 fully saturated rings. The van der Waals surface area contributed by atoms with Crippen LogP contribution in [0.25, 0.3) is 0 Å². The molecule has 2 aromatic heterocycles. The van der Waals surface area contributed by atoms with Crippen LogP contribution < -0.4 is 10.6 Å². The van der Waals surface area contributed by atoms with E-state index in [0.717, 1.165) is 5.56 Å². The van der Waals surface area contributed by atoms with E-state index in [1.165, 1.54) is 12.1 Å². The van der Waals surface area contributed by atoms with Crippen molar-refractivity contribution < 1.29 is 19.1 Å². The molecule has 0 aromatic carbocycles. The monoisotopic (exact) mass is 275 g/mol. The average Bonchev–Trinajstić information content (AvgIpc) is 2.93. The summed E-state index contributed by atoms with van der Waals surface area (Å²) in [6.45, 7) is 0.502. The van der Waals surface area contributed by atoms with Crippen LogP contribution in [0.1, 0.15) is 21.9 Å². The molecule has 2 heterocycles.